The van der Waals surface area contributed by atoms with Gasteiger partial charge in [0.2, 0.25) is 5.16 Å². The van der Waals surface area contributed by atoms with E-state index in [0.29, 0.717) is 5.78 Å². The number of fused-ring (bicyclic) bond motifs is 1. The molecule has 2 aromatic carbocycles. The molecule has 0 unspecified atom stereocenters. The van der Waals surface area contributed by atoms with Crippen molar-refractivity contribution in [3.63, 3.8) is 0 Å². The van der Waals surface area contributed by atoms with Crippen molar-refractivity contribution in [2.75, 3.05) is 0 Å². The summed E-state index contributed by atoms with van der Waals surface area (Å²) in [5, 5.41) is 6.24. The van der Waals surface area contributed by atoms with Gasteiger partial charge in [-0.25, -0.2) is 9.50 Å². The Morgan fingerprint density at radius 1 is 0.966 bits per heavy atom. The highest BCUT2D eigenvalue weighted by molar-refractivity contribution is 7.98. The van der Waals surface area contributed by atoms with Gasteiger partial charge in [-0.2, -0.15) is 4.98 Å². The van der Waals surface area contributed by atoms with Gasteiger partial charge in [0.25, 0.3) is 5.78 Å². The number of rotatable bonds is 5. The molecule has 4 rings (SSSR count). The molecule has 2 aromatic heterocycles. The van der Waals surface area contributed by atoms with Crippen LogP contribution in [0.2, 0.25) is 5.02 Å². The van der Waals surface area contributed by atoms with Gasteiger partial charge < -0.3 is 0 Å². The summed E-state index contributed by atoms with van der Waals surface area (Å²) in [5.41, 5.74) is 8.12. The smallest absolute Gasteiger partial charge is 0.216 e. The van der Waals surface area contributed by atoms with Crippen molar-refractivity contribution in [3.8, 4) is 0 Å². The van der Waals surface area contributed by atoms with Gasteiger partial charge in [0, 0.05) is 28.6 Å². The van der Waals surface area contributed by atoms with Gasteiger partial charge in [0.1, 0.15) is 0 Å². The average Bonchev–Trinajstić information content (AvgIpc) is 3.10. The van der Waals surface area contributed by atoms with Crippen LogP contribution in [0.5, 0.6) is 0 Å². The molecule has 4 nitrogen and oxygen atoms in total. The number of aromatic nitrogens is 4. The lowest BCUT2D eigenvalue weighted by molar-refractivity contribution is 0.823. The molecule has 0 bridgehead atoms. The number of benzene rings is 2. The fraction of sp³-hybridized carbons (Fsp3) is 0.261. The van der Waals surface area contributed by atoms with E-state index in [9.17, 15) is 0 Å². The molecule has 0 spiro atoms. The Morgan fingerprint density at radius 3 is 2.55 bits per heavy atom. The Balaban J connectivity index is 1.63. The molecule has 148 valence electrons. The molecule has 0 amide bonds. The second kappa shape index (κ2) is 8.17. The van der Waals surface area contributed by atoms with E-state index in [4.69, 9.17) is 21.7 Å². The van der Waals surface area contributed by atoms with Crippen molar-refractivity contribution >= 4 is 29.1 Å². The number of hydrogen-bond acceptors (Lipinski definition) is 4. The van der Waals surface area contributed by atoms with E-state index in [2.05, 4.69) is 50.0 Å². The van der Waals surface area contributed by atoms with Crippen LogP contribution in [0.15, 0.2) is 47.6 Å². The Hall–Kier alpha value is -2.37. The van der Waals surface area contributed by atoms with E-state index < -0.39 is 0 Å². The number of aryl methyl sites for hydroxylation is 4. The fourth-order valence-electron chi connectivity index (χ4n) is 3.44. The van der Waals surface area contributed by atoms with Crippen molar-refractivity contribution in [1.29, 1.82) is 0 Å². The summed E-state index contributed by atoms with van der Waals surface area (Å²) < 4.78 is 1.85. The van der Waals surface area contributed by atoms with E-state index in [1.165, 1.54) is 16.7 Å². The second-order valence-electron chi connectivity index (χ2n) is 7.35. The number of thioether (sulfide) groups is 1. The van der Waals surface area contributed by atoms with Crippen LogP contribution in [-0.2, 0) is 12.2 Å². The minimum absolute atomic E-state index is 0.645. The molecule has 29 heavy (non-hydrogen) atoms. The molecule has 0 atom stereocenters. The third-order valence-electron chi connectivity index (χ3n) is 5.22. The predicted molar refractivity (Wildman–Crippen MR) is 120 cm³/mol. The highest BCUT2D eigenvalue weighted by Gasteiger charge is 2.15. The van der Waals surface area contributed by atoms with Crippen LogP contribution in [0.25, 0.3) is 5.78 Å². The summed E-state index contributed by atoms with van der Waals surface area (Å²) in [6.45, 7) is 8.36. The molecule has 0 saturated carbocycles. The van der Waals surface area contributed by atoms with Crippen LogP contribution in [0.1, 0.15) is 39.2 Å². The van der Waals surface area contributed by atoms with Gasteiger partial charge in [0.05, 0.1) is 0 Å². The van der Waals surface area contributed by atoms with Crippen molar-refractivity contribution in [3.05, 3.63) is 86.7 Å². The third kappa shape index (κ3) is 4.16. The molecule has 6 heteroatoms. The van der Waals surface area contributed by atoms with Gasteiger partial charge in [-0.15, -0.1) is 5.10 Å². The molecular formula is C23H23ClN4S. The summed E-state index contributed by atoms with van der Waals surface area (Å²) in [4.78, 5) is 9.35. The van der Waals surface area contributed by atoms with Crippen LogP contribution in [0.4, 0.5) is 0 Å². The zero-order valence-corrected chi connectivity index (χ0v) is 18.6. The maximum absolute atomic E-state index is 6.37. The zero-order chi connectivity index (χ0) is 20.5. The summed E-state index contributed by atoms with van der Waals surface area (Å²) in [7, 11) is 0. The number of nitrogens with zero attached hydrogens (tertiary/aromatic N) is 4. The Kier molecular flexibility index (Phi) is 5.61. The molecule has 0 radical (unpaired) electrons. The van der Waals surface area contributed by atoms with Crippen molar-refractivity contribution in [2.45, 2.75) is 45.0 Å². The standard InChI is InChI=1S/C23H23ClN4S/c1-14-9-10-15(2)19(11-14)13-29-23-26-22-25-16(3)20(17(4)28(22)27-23)12-18-7-5-6-8-21(18)24/h5-11H,12-13H2,1-4H3. The SMILES string of the molecule is Cc1ccc(C)c(CSc2nc3nc(C)c(Cc4ccccc4Cl)c(C)n3n2)c1. The van der Waals surface area contributed by atoms with E-state index in [-0.39, 0.29) is 0 Å². The van der Waals surface area contributed by atoms with Gasteiger partial charge in [-0.3, -0.25) is 0 Å². The van der Waals surface area contributed by atoms with Crippen LogP contribution < -0.4 is 0 Å². The second-order valence-corrected chi connectivity index (χ2v) is 8.70. The van der Waals surface area contributed by atoms with E-state index >= 15 is 0 Å². The van der Waals surface area contributed by atoms with Gasteiger partial charge in [-0.05, 0) is 56.0 Å². The maximum Gasteiger partial charge on any atom is 0.253 e. The molecule has 0 saturated heterocycles. The quantitative estimate of drug-likeness (QED) is 0.376. The molecule has 0 N–H and O–H groups in total. The van der Waals surface area contributed by atoms with Crippen LogP contribution in [0.3, 0.4) is 0 Å². The lowest BCUT2D eigenvalue weighted by Crippen LogP contribution is -2.06. The minimum atomic E-state index is 0.645. The third-order valence-corrected chi connectivity index (χ3v) is 6.47. The van der Waals surface area contributed by atoms with Crippen LogP contribution >= 0.6 is 23.4 Å². The van der Waals surface area contributed by atoms with Crippen LogP contribution in [0, 0.1) is 27.7 Å². The minimum Gasteiger partial charge on any atom is -0.216 e. The first kappa shape index (κ1) is 19.9. The molecular weight excluding hydrogens is 400 g/mol. The van der Waals surface area contributed by atoms with Crippen LogP contribution in [-0.4, -0.2) is 19.6 Å². The molecule has 0 aliphatic carbocycles. The molecule has 4 aromatic rings. The highest BCUT2D eigenvalue weighted by Crippen LogP contribution is 2.26. The molecule has 0 fully saturated rings. The number of halogens is 1. The normalized spacial score (nSPS) is 11.3. The first-order valence-electron chi connectivity index (χ1n) is 9.57. The number of hydrogen-bond donors (Lipinski definition) is 0. The highest BCUT2D eigenvalue weighted by atomic mass is 35.5. The summed E-state index contributed by atoms with van der Waals surface area (Å²) in [5.74, 6) is 1.49. The Morgan fingerprint density at radius 2 is 1.76 bits per heavy atom. The topological polar surface area (TPSA) is 43.1 Å². The Bertz CT molecular complexity index is 1200. The Labute approximate surface area is 180 Å². The predicted octanol–water partition coefficient (Wildman–Crippen LogP) is 5.89. The summed E-state index contributed by atoms with van der Waals surface area (Å²) in [6.07, 6.45) is 0.727. The summed E-state index contributed by atoms with van der Waals surface area (Å²) >= 11 is 8.01. The first-order chi connectivity index (χ1) is 13.9. The zero-order valence-electron chi connectivity index (χ0n) is 17.0. The largest absolute Gasteiger partial charge is 0.253 e. The van der Waals surface area contributed by atoms with E-state index in [1.807, 2.05) is 29.6 Å². The molecule has 2 heterocycles. The average molecular weight is 423 g/mol. The first-order valence-corrected chi connectivity index (χ1v) is 10.9. The van der Waals surface area contributed by atoms with Crippen molar-refractivity contribution in [1.82, 2.24) is 19.6 Å². The van der Waals surface area contributed by atoms with E-state index in [0.717, 1.165) is 44.9 Å². The molecule has 0 aliphatic rings. The lowest BCUT2D eigenvalue weighted by Gasteiger charge is -2.11. The van der Waals surface area contributed by atoms with Gasteiger partial charge in [-0.1, -0.05) is 65.3 Å². The lowest BCUT2D eigenvalue weighted by atomic mass is 10.0. The summed E-state index contributed by atoms with van der Waals surface area (Å²) in [6, 6.07) is 14.5. The van der Waals surface area contributed by atoms with Crippen molar-refractivity contribution < 1.29 is 0 Å². The van der Waals surface area contributed by atoms with Gasteiger partial charge >= 0.3 is 0 Å². The monoisotopic (exact) mass is 422 g/mol. The van der Waals surface area contributed by atoms with Crippen molar-refractivity contribution in [2.24, 2.45) is 0 Å². The van der Waals surface area contributed by atoms with Gasteiger partial charge in [0.15, 0.2) is 0 Å². The van der Waals surface area contributed by atoms with E-state index in [1.54, 1.807) is 11.8 Å². The maximum atomic E-state index is 6.37. The molecule has 0 aliphatic heterocycles. The fourth-order valence-corrected chi connectivity index (χ4v) is 4.52.